The van der Waals surface area contributed by atoms with Crippen molar-refractivity contribution in [1.29, 1.82) is 5.26 Å². The highest BCUT2D eigenvalue weighted by Crippen LogP contribution is 2.40. The van der Waals surface area contributed by atoms with Gasteiger partial charge in [-0.1, -0.05) is 20.8 Å². The van der Waals surface area contributed by atoms with Crippen molar-refractivity contribution in [3.63, 3.8) is 0 Å². The van der Waals surface area contributed by atoms with Gasteiger partial charge >= 0.3 is 5.97 Å². The molecule has 0 spiro atoms. The van der Waals surface area contributed by atoms with Crippen molar-refractivity contribution in [2.24, 2.45) is 5.92 Å². The standard InChI is InChI=1S/C21H27N5O6/c1-4-5-16(27)25-20-13-6-7-15(26(13)24-11-23-20)21(10-22)19(30)18(29)14(32-21)9-31-17(28)8-12(2)3/h6-7,11-12,14,18-19,29-30H,4-5,8-9H2,1-3H3,(H,23,24,25,27)/t14-,18-,19-,21+/m1/s1. The molecule has 11 heteroatoms. The van der Waals surface area contributed by atoms with E-state index in [1.165, 1.54) is 16.9 Å². The summed E-state index contributed by atoms with van der Waals surface area (Å²) < 4.78 is 12.3. The number of ether oxygens (including phenoxy) is 2. The lowest BCUT2D eigenvalue weighted by molar-refractivity contribution is -0.151. The number of nitrogens with zero attached hydrogens (tertiary/aromatic N) is 4. The Hall–Kier alpha value is -3.07. The predicted molar refractivity (Wildman–Crippen MR) is 111 cm³/mol. The molecule has 0 radical (unpaired) electrons. The zero-order valence-corrected chi connectivity index (χ0v) is 18.2. The summed E-state index contributed by atoms with van der Waals surface area (Å²) in [7, 11) is 0. The number of esters is 1. The van der Waals surface area contributed by atoms with Crippen LogP contribution in [0.4, 0.5) is 5.82 Å². The van der Waals surface area contributed by atoms with E-state index in [1.807, 2.05) is 26.8 Å². The van der Waals surface area contributed by atoms with Gasteiger partial charge in [-0.05, 0) is 24.5 Å². The molecule has 1 saturated heterocycles. The molecule has 1 fully saturated rings. The highest BCUT2D eigenvalue weighted by Gasteiger charge is 2.57. The molecule has 3 rings (SSSR count). The number of aliphatic hydroxyl groups is 2. The van der Waals surface area contributed by atoms with Gasteiger partial charge in [0.25, 0.3) is 0 Å². The van der Waals surface area contributed by atoms with Gasteiger partial charge in [0.05, 0.1) is 5.69 Å². The number of nitrogens with one attached hydrogen (secondary N) is 1. The molecule has 11 nitrogen and oxygen atoms in total. The van der Waals surface area contributed by atoms with Crippen LogP contribution in [0, 0.1) is 17.2 Å². The van der Waals surface area contributed by atoms with E-state index < -0.39 is 29.9 Å². The van der Waals surface area contributed by atoms with Crippen molar-refractivity contribution in [3.05, 3.63) is 24.2 Å². The van der Waals surface area contributed by atoms with Crippen molar-refractivity contribution in [3.8, 4) is 6.07 Å². The Morgan fingerprint density at radius 2 is 2.16 bits per heavy atom. The Kier molecular flexibility index (Phi) is 7.08. The van der Waals surface area contributed by atoms with Crippen LogP contribution in [0.1, 0.15) is 45.7 Å². The molecule has 1 aliphatic heterocycles. The molecule has 1 aliphatic rings. The van der Waals surface area contributed by atoms with Gasteiger partial charge in [0.2, 0.25) is 11.5 Å². The zero-order valence-electron chi connectivity index (χ0n) is 18.2. The fourth-order valence-electron chi connectivity index (χ4n) is 3.62. The summed E-state index contributed by atoms with van der Waals surface area (Å²) in [5.41, 5.74) is -1.44. The van der Waals surface area contributed by atoms with Crippen LogP contribution >= 0.6 is 0 Å². The van der Waals surface area contributed by atoms with Crippen molar-refractivity contribution in [2.75, 3.05) is 11.9 Å². The maximum absolute atomic E-state index is 12.0. The fourth-order valence-corrected chi connectivity index (χ4v) is 3.62. The van der Waals surface area contributed by atoms with E-state index in [1.54, 1.807) is 6.07 Å². The number of carbonyl (C=O) groups is 2. The minimum Gasteiger partial charge on any atom is -0.463 e. The Bertz CT molecular complexity index is 1030. The number of amides is 1. The third-order valence-electron chi connectivity index (χ3n) is 5.18. The van der Waals surface area contributed by atoms with E-state index >= 15 is 0 Å². The molecule has 172 valence electrons. The van der Waals surface area contributed by atoms with Crippen LogP contribution in [-0.2, 0) is 24.7 Å². The van der Waals surface area contributed by atoms with E-state index in [0.29, 0.717) is 18.4 Å². The van der Waals surface area contributed by atoms with Crippen LogP contribution in [0.3, 0.4) is 0 Å². The van der Waals surface area contributed by atoms with Gasteiger partial charge in [-0.25, -0.2) is 9.50 Å². The third kappa shape index (κ3) is 4.43. The van der Waals surface area contributed by atoms with Gasteiger partial charge in [-0.15, -0.1) is 0 Å². The molecule has 3 heterocycles. The van der Waals surface area contributed by atoms with E-state index in [4.69, 9.17) is 9.47 Å². The van der Waals surface area contributed by atoms with Gasteiger partial charge in [0.15, 0.2) is 5.82 Å². The summed E-state index contributed by atoms with van der Waals surface area (Å²) in [4.78, 5) is 27.9. The van der Waals surface area contributed by atoms with Crippen molar-refractivity contribution < 1.29 is 29.3 Å². The van der Waals surface area contributed by atoms with Gasteiger partial charge in [0, 0.05) is 12.8 Å². The Labute approximate surface area is 185 Å². The van der Waals surface area contributed by atoms with Crippen molar-refractivity contribution in [1.82, 2.24) is 14.6 Å². The topological polar surface area (TPSA) is 159 Å². The number of anilines is 1. The summed E-state index contributed by atoms with van der Waals surface area (Å²) in [6.07, 6.45) is -1.84. The van der Waals surface area contributed by atoms with Crippen LogP contribution in [0.2, 0.25) is 0 Å². The van der Waals surface area contributed by atoms with Gasteiger partial charge in [0.1, 0.15) is 42.8 Å². The molecule has 3 N–H and O–H groups in total. The highest BCUT2D eigenvalue weighted by molar-refractivity contribution is 5.93. The first-order valence-corrected chi connectivity index (χ1v) is 10.5. The van der Waals surface area contributed by atoms with Crippen molar-refractivity contribution in [2.45, 2.75) is 63.9 Å². The Morgan fingerprint density at radius 3 is 2.81 bits per heavy atom. The van der Waals surface area contributed by atoms with Crippen LogP contribution < -0.4 is 5.32 Å². The minimum absolute atomic E-state index is 0.0967. The number of nitriles is 1. The summed E-state index contributed by atoms with van der Waals surface area (Å²) in [5, 5.41) is 38.0. The molecule has 0 unspecified atom stereocenters. The predicted octanol–water partition coefficient (Wildman–Crippen LogP) is 0.897. The Balaban J connectivity index is 1.89. The molecule has 32 heavy (non-hydrogen) atoms. The van der Waals surface area contributed by atoms with E-state index in [0.717, 1.165) is 0 Å². The highest BCUT2D eigenvalue weighted by atomic mass is 16.6. The minimum atomic E-state index is -1.97. The van der Waals surface area contributed by atoms with Gasteiger partial charge in [-0.2, -0.15) is 10.4 Å². The maximum atomic E-state index is 12.0. The molecule has 0 bridgehead atoms. The lowest BCUT2D eigenvalue weighted by Gasteiger charge is -2.24. The number of carbonyl (C=O) groups excluding carboxylic acids is 2. The largest absolute Gasteiger partial charge is 0.463 e. The molecule has 4 atom stereocenters. The van der Waals surface area contributed by atoms with Crippen molar-refractivity contribution >= 4 is 23.2 Å². The third-order valence-corrected chi connectivity index (χ3v) is 5.18. The van der Waals surface area contributed by atoms with Gasteiger partial charge in [-0.3, -0.25) is 9.59 Å². The molecule has 0 aliphatic carbocycles. The smallest absolute Gasteiger partial charge is 0.306 e. The summed E-state index contributed by atoms with van der Waals surface area (Å²) in [5.74, 6) is -0.348. The molecular formula is C21H27N5O6. The number of hydrogen-bond donors (Lipinski definition) is 3. The number of aliphatic hydroxyl groups excluding tert-OH is 2. The average Bonchev–Trinajstić information content (AvgIpc) is 3.28. The first-order valence-electron chi connectivity index (χ1n) is 10.5. The first kappa shape index (κ1) is 23.6. The maximum Gasteiger partial charge on any atom is 0.306 e. The van der Waals surface area contributed by atoms with Crippen LogP contribution in [0.15, 0.2) is 18.5 Å². The summed E-state index contributed by atoms with van der Waals surface area (Å²) in [6.45, 7) is 5.29. The summed E-state index contributed by atoms with van der Waals surface area (Å²) >= 11 is 0. The number of fused-ring (bicyclic) bond motifs is 1. The SMILES string of the molecule is CCCC(=O)Nc1ncnn2c([C@]3(C#N)O[C@H](COC(=O)CC(C)C)[C@@H](O)[C@H]3O)ccc12. The fraction of sp³-hybridized carbons (Fsp3) is 0.571. The van der Waals surface area contributed by atoms with E-state index in [2.05, 4.69) is 15.4 Å². The second kappa shape index (κ2) is 9.60. The number of hydrogen-bond acceptors (Lipinski definition) is 9. The van der Waals surface area contributed by atoms with Crippen LogP contribution in [-0.4, -0.2) is 61.6 Å². The normalized spacial score (nSPS) is 25.1. The molecule has 1 amide bonds. The van der Waals surface area contributed by atoms with Crippen LogP contribution in [0.5, 0.6) is 0 Å². The molecular weight excluding hydrogens is 418 g/mol. The molecule has 0 aromatic carbocycles. The molecule has 0 saturated carbocycles. The Morgan fingerprint density at radius 1 is 1.41 bits per heavy atom. The average molecular weight is 445 g/mol. The summed E-state index contributed by atoms with van der Waals surface area (Å²) in [6, 6.07) is 5.02. The second-order valence-corrected chi connectivity index (χ2v) is 8.14. The van der Waals surface area contributed by atoms with E-state index in [9.17, 15) is 25.1 Å². The lowest BCUT2D eigenvalue weighted by atomic mass is 9.92. The molecule has 2 aromatic heterocycles. The number of aromatic nitrogens is 3. The van der Waals surface area contributed by atoms with Gasteiger partial charge < -0.3 is 25.0 Å². The lowest BCUT2D eigenvalue weighted by Crippen LogP contribution is -2.41. The van der Waals surface area contributed by atoms with E-state index in [-0.39, 0.29) is 36.4 Å². The zero-order chi connectivity index (χ0) is 23.5. The van der Waals surface area contributed by atoms with Crippen LogP contribution in [0.25, 0.3) is 5.52 Å². The monoisotopic (exact) mass is 445 g/mol. The number of rotatable bonds is 8. The quantitative estimate of drug-likeness (QED) is 0.502. The second-order valence-electron chi connectivity index (χ2n) is 8.14. The molecule has 2 aromatic rings. The first-order chi connectivity index (χ1) is 15.2.